The summed E-state index contributed by atoms with van der Waals surface area (Å²) in [7, 11) is 1.72. The molecule has 0 aliphatic carbocycles. The molecule has 1 rings (SSSR count). The summed E-state index contributed by atoms with van der Waals surface area (Å²) in [5.74, 6) is -0.345. The second-order valence-electron chi connectivity index (χ2n) is 3.15. The smallest absolute Gasteiger partial charge is 0.133 e. The standard InChI is InChI=1S/C10H13BrFNO/c1-6-8(11)4-3-7(10(6)12)9(14)5-13-2/h3-4,9,13-14H,5H2,1-2H3. The summed E-state index contributed by atoms with van der Waals surface area (Å²) >= 11 is 3.23. The lowest BCUT2D eigenvalue weighted by atomic mass is 10.1. The van der Waals surface area contributed by atoms with Crippen LogP contribution in [0.5, 0.6) is 0 Å². The monoisotopic (exact) mass is 261 g/mol. The number of hydrogen-bond donors (Lipinski definition) is 2. The second kappa shape index (κ2) is 4.87. The van der Waals surface area contributed by atoms with Gasteiger partial charge in [0.25, 0.3) is 0 Å². The van der Waals surface area contributed by atoms with Crippen molar-refractivity contribution in [1.82, 2.24) is 5.32 Å². The van der Waals surface area contributed by atoms with Crippen LogP contribution in [0.4, 0.5) is 4.39 Å². The number of likely N-dealkylation sites (N-methyl/N-ethyl adjacent to an activating group) is 1. The van der Waals surface area contributed by atoms with Crippen molar-refractivity contribution in [2.75, 3.05) is 13.6 Å². The van der Waals surface area contributed by atoms with Gasteiger partial charge in [0.15, 0.2) is 0 Å². The molecule has 1 aromatic rings. The minimum atomic E-state index is -0.799. The maximum absolute atomic E-state index is 13.6. The molecule has 14 heavy (non-hydrogen) atoms. The van der Waals surface area contributed by atoms with E-state index >= 15 is 0 Å². The SMILES string of the molecule is CNCC(O)c1ccc(Br)c(C)c1F. The summed E-state index contributed by atoms with van der Waals surface area (Å²) < 4.78 is 14.3. The summed E-state index contributed by atoms with van der Waals surface area (Å²) in [6.45, 7) is 2.02. The molecule has 2 nitrogen and oxygen atoms in total. The molecule has 0 amide bonds. The molecule has 0 aromatic heterocycles. The molecule has 0 fully saturated rings. The van der Waals surface area contributed by atoms with E-state index in [1.807, 2.05) is 0 Å². The molecular weight excluding hydrogens is 249 g/mol. The molecule has 0 aliphatic heterocycles. The third-order valence-corrected chi connectivity index (χ3v) is 2.97. The molecule has 2 N–H and O–H groups in total. The van der Waals surface area contributed by atoms with Crippen LogP contribution in [0, 0.1) is 12.7 Å². The van der Waals surface area contributed by atoms with Crippen molar-refractivity contribution in [2.45, 2.75) is 13.0 Å². The molecule has 1 unspecified atom stereocenters. The lowest BCUT2D eigenvalue weighted by Crippen LogP contribution is -2.18. The number of halogens is 2. The molecule has 0 heterocycles. The van der Waals surface area contributed by atoms with E-state index in [2.05, 4.69) is 21.2 Å². The fourth-order valence-electron chi connectivity index (χ4n) is 1.24. The van der Waals surface area contributed by atoms with Crippen LogP contribution < -0.4 is 5.32 Å². The van der Waals surface area contributed by atoms with Crippen LogP contribution in [0.3, 0.4) is 0 Å². The molecule has 78 valence electrons. The highest BCUT2D eigenvalue weighted by atomic mass is 79.9. The summed E-state index contributed by atoms with van der Waals surface area (Å²) in [6.07, 6.45) is -0.799. The first-order chi connectivity index (χ1) is 6.57. The van der Waals surface area contributed by atoms with E-state index in [0.717, 1.165) is 4.47 Å². The summed E-state index contributed by atoms with van der Waals surface area (Å²) in [4.78, 5) is 0. The Kier molecular flexibility index (Phi) is 4.04. The van der Waals surface area contributed by atoms with Crippen LogP contribution in [0.1, 0.15) is 17.2 Å². The first-order valence-electron chi connectivity index (χ1n) is 4.35. The van der Waals surface area contributed by atoms with Gasteiger partial charge in [-0.15, -0.1) is 0 Å². The number of aliphatic hydroxyl groups excluding tert-OH is 1. The Labute approximate surface area is 91.3 Å². The van der Waals surface area contributed by atoms with Crippen molar-refractivity contribution >= 4 is 15.9 Å². The fourth-order valence-corrected chi connectivity index (χ4v) is 1.55. The predicted molar refractivity (Wildman–Crippen MR) is 57.7 cm³/mol. The average molecular weight is 262 g/mol. The van der Waals surface area contributed by atoms with E-state index in [1.54, 1.807) is 26.1 Å². The van der Waals surface area contributed by atoms with Crippen LogP contribution in [0.25, 0.3) is 0 Å². The zero-order chi connectivity index (χ0) is 10.7. The van der Waals surface area contributed by atoms with E-state index in [0.29, 0.717) is 17.7 Å². The Hall–Kier alpha value is -0.450. The number of rotatable bonds is 3. The van der Waals surface area contributed by atoms with Crippen LogP contribution in [0.2, 0.25) is 0 Å². The molecule has 0 bridgehead atoms. The van der Waals surface area contributed by atoms with Crippen molar-refractivity contribution in [3.05, 3.63) is 33.5 Å². The third kappa shape index (κ3) is 2.32. The zero-order valence-electron chi connectivity index (χ0n) is 8.14. The van der Waals surface area contributed by atoms with Gasteiger partial charge in [0.05, 0.1) is 6.10 Å². The van der Waals surface area contributed by atoms with Gasteiger partial charge in [0.2, 0.25) is 0 Å². The van der Waals surface area contributed by atoms with E-state index in [1.165, 1.54) is 0 Å². The van der Waals surface area contributed by atoms with Crippen molar-refractivity contribution < 1.29 is 9.50 Å². The number of aliphatic hydroxyl groups is 1. The quantitative estimate of drug-likeness (QED) is 0.874. The number of benzene rings is 1. The van der Waals surface area contributed by atoms with E-state index in [9.17, 15) is 9.50 Å². The van der Waals surface area contributed by atoms with Gasteiger partial charge in [0, 0.05) is 16.6 Å². The normalized spacial score (nSPS) is 12.9. The van der Waals surface area contributed by atoms with Gasteiger partial charge in [-0.05, 0) is 25.6 Å². The van der Waals surface area contributed by atoms with Crippen LogP contribution in [-0.2, 0) is 0 Å². The van der Waals surface area contributed by atoms with Gasteiger partial charge in [-0.25, -0.2) is 4.39 Å². The molecule has 1 atom stereocenters. The summed E-state index contributed by atoms with van der Waals surface area (Å²) in [5.41, 5.74) is 0.859. The second-order valence-corrected chi connectivity index (χ2v) is 4.00. The first-order valence-corrected chi connectivity index (χ1v) is 5.14. The Morgan fingerprint density at radius 2 is 2.21 bits per heavy atom. The molecule has 0 saturated heterocycles. The van der Waals surface area contributed by atoms with Crippen LogP contribution in [0.15, 0.2) is 16.6 Å². The van der Waals surface area contributed by atoms with Crippen molar-refractivity contribution in [2.24, 2.45) is 0 Å². The van der Waals surface area contributed by atoms with Crippen molar-refractivity contribution in [1.29, 1.82) is 0 Å². The maximum Gasteiger partial charge on any atom is 0.133 e. The average Bonchev–Trinajstić information content (AvgIpc) is 2.15. The Morgan fingerprint density at radius 1 is 1.57 bits per heavy atom. The lowest BCUT2D eigenvalue weighted by molar-refractivity contribution is 0.173. The van der Waals surface area contributed by atoms with Crippen LogP contribution in [-0.4, -0.2) is 18.7 Å². The van der Waals surface area contributed by atoms with Gasteiger partial charge in [-0.2, -0.15) is 0 Å². The molecule has 0 spiro atoms. The zero-order valence-corrected chi connectivity index (χ0v) is 9.73. The van der Waals surface area contributed by atoms with Gasteiger partial charge in [-0.1, -0.05) is 22.0 Å². The topological polar surface area (TPSA) is 32.3 Å². The molecule has 0 radical (unpaired) electrons. The Morgan fingerprint density at radius 3 is 2.79 bits per heavy atom. The Bertz CT molecular complexity index is 330. The minimum Gasteiger partial charge on any atom is -0.387 e. The molecule has 4 heteroatoms. The highest BCUT2D eigenvalue weighted by Gasteiger charge is 2.14. The molecule has 0 aliphatic rings. The van der Waals surface area contributed by atoms with Crippen LogP contribution >= 0.6 is 15.9 Å². The number of nitrogens with one attached hydrogen (secondary N) is 1. The van der Waals surface area contributed by atoms with E-state index in [4.69, 9.17) is 0 Å². The molecule has 0 saturated carbocycles. The van der Waals surface area contributed by atoms with Crippen molar-refractivity contribution in [3.63, 3.8) is 0 Å². The van der Waals surface area contributed by atoms with Gasteiger partial charge < -0.3 is 10.4 Å². The first kappa shape index (κ1) is 11.6. The molecular formula is C10H13BrFNO. The fraction of sp³-hybridized carbons (Fsp3) is 0.400. The van der Waals surface area contributed by atoms with Crippen molar-refractivity contribution in [3.8, 4) is 0 Å². The lowest BCUT2D eigenvalue weighted by Gasteiger charge is -2.13. The summed E-state index contributed by atoms with van der Waals surface area (Å²) in [6, 6.07) is 3.33. The molecule has 1 aromatic carbocycles. The highest BCUT2D eigenvalue weighted by Crippen LogP contribution is 2.25. The van der Waals surface area contributed by atoms with Gasteiger partial charge in [0.1, 0.15) is 5.82 Å². The highest BCUT2D eigenvalue weighted by molar-refractivity contribution is 9.10. The predicted octanol–water partition coefficient (Wildman–Crippen LogP) is 2.15. The van der Waals surface area contributed by atoms with Gasteiger partial charge >= 0.3 is 0 Å². The van der Waals surface area contributed by atoms with Gasteiger partial charge in [-0.3, -0.25) is 0 Å². The van der Waals surface area contributed by atoms with E-state index in [-0.39, 0.29) is 5.82 Å². The third-order valence-electron chi connectivity index (χ3n) is 2.11. The van der Waals surface area contributed by atoms with E-state index < -0.39 is 6.10 Å². The maximum atomic E-state index is 13.6. The summed E-state index contributed by atoms with van der Waals surface area (Å²) in [5, 5.41) is 12.4. The minimum absolute atomic E-state index is 0.333. The Balaban J connectivity index is 3.04. The number of hydrogen-bond acceptors (Lipinski definition) is 2. The largest absolute Gasteiger partial charge is 0.387 e.